The van der Waals surface area contributed by atoms with E-state index < -0.39 is 185 Å². The van der Waals surface area contributed by atoms with Crippen LogP contribution in [0.15, 0.2) is 0 Å². The number of carboxylic acids is 2. The largest absolute Gasteiger partial charge is 0.479 e. The molecule has 0 bridgehead atoms. The number of phosphoric ester groups is 1. The molecule has 4 amide bonds. The molecule has 4 aliphatic heterocycles. The molecule has 25 atom stereocenters. The first-order valence-electron chi connectivity index (χ1n) is 31.1. The number of hydrogen-bond acceptors (Lipinski definition) is 25. The average Bonchev–Trinajstić information content (AvgIpc) is 0.765. The fraction of sp³-hybridized carbons (Fsp3) is 0.897. The van der Waals surface area contributed by atoms with E-state index in [1.54, 1.807) is 0 Å². The van der Waals surface area contributed by atoms with Crippen LogP contribution in [-0.2, 0) is 80.2 Å². The van der Waals surface area contributed by atoms with E-state index in [1.165, 1.54) is 45.4 Å². The standard InChI is InChI=1S/C58H103N4O28P/c1-27(2)15-14-17-28(3)18-19-30(5)20-23-57(9,10)22-13-12-16-29(4)21-24-80-35(50(72)73)26-81-91(78,79)90-55-46(47(89-56(60)76)58(11,77)48(88-55)51(74)75)87-53-37(62-33(8)65)39(67)44(34(25-63)83-53)85-52-36(61-32(7)64)38(66)43(31(6)82-52)84-54-42(70)40(68)41(69)45(86-54)49(59)71/h27-31,34-48,52-55,63,66-70,77H,12-26H2,1-11H3,(H2,59,71)(H2,60,76)(H,61,64)(H,62,65)(H,72,73)(H,74,75)(H,78,79)/t28?,29?,30?,31-,34-,35+,36-,37-,38-,39-,40+,41-,42-,43-,44-,45+,46-,47-,48-,52+,53+,54-,55-,58+/m1/s1. The summed E-state index contributed by atoms with van der Waals surface area (Å²) in [6.07, 6.45) is -25.4. The molecule has 528 valence electrons. The van der Waals surface area contributed by atoms with Crippen LogP contribution in [-0.4, -0.2) is 235 Å². The molecule has 0 saturated carbocycles. The number of carbonyl (C=O) groups excluding carboxylic acids is 4. The maximum absolute atomic E-state index is 13.8. The number of nitrogens with two attached hydrogens (primary N) is 2. The third-order valence-electron chi connectivity index (χ3n) is 17.1. The molecule has 0 spiro atoms. The lowest BCUT2D eigenvalue weighted by Crippen LogP contribution is -2.72. The predicted molar refractivity (Wildman–Crippen MR) is 315 cm³/mol. The number of ether oxygens (including phenoxy) is 9. The van der Waals surface area contributed by atoms with Crippen molar-refractivity contribution in [3.8, 4) is 0 Å². The zero-order valence-electron chi connectivity index (χ0n) is 53.9. The number of aliphatic carboxylic acids is 2. The van der Waals surface area contributed by atoms with E-state index in [4.69, 9.17) is 63.1 Å². The van der Waals surface area contributed by atoms with Crippen LogP contribution >= 0.6 is 7.82 Å². The highest BCUT2D eigenvalue weighted by molar-refractivity contribution is 7.47. The van der Waals surface area contributed by atoms with E-state index in [0.29, 0.717) is 12.3 Å². The SMILES string of the molecule is CC(=O)N[C@H]1[C@H](O[C@H]2[C@H](O)[C@@H](NC(C)=O)[C@H](O[C@H]3[C@@H](OP(=O)(O)OC[C@H](OCCC(C)CCCCC(C)(C)CCC(C)CCC(C)CCCC(C)C)C(=O)O)O[C@H](C(=O)O)[C@@](C)(O)[C@@H]3OC(N)=O)O[C@@H]2CO)O[C@H](C)[C@@H](O[C@@H]2O[C@H](C(N)=O)[C@H](O)[C@H](O)[C@H]2O)[C@@H]1O. The summed E-state index contributed by atoms with van der Waals surface area (Å²) >= 11 is 0. The Morgan fingerprint density at radius 2 is 1.21 bits per heavy atom. The molecule has 4 fully saturated rings. The molecule has 91 heavy (non-hydrogen) atoms. The van der Waals surface area contributed by atoms with Crippen molar-refractivity contribution in [1.82, 2.24) is 10.6 Å². The predicted octanol–water partition coefficient (Wildman–Crippen LogP) is 0.528. The number of hydrogen-bond donors (Lipinski definition) is 14. The van der Waals surface area contributed by atoms with Crippen molar-refractivity contribution in [2.45, 2.75) is 282 Å². The van der Waals surface area contributed by atoms with E-state index in [0.717, 1.165) is 64.7 Å². The van der Waals surface area contributed by atoms with Crippen LogP contribution in [0.4, 0.5) is 4.79 Å². The number of amides is 4. The van der Waals surface area contributed by atoms with Crippen molar-refractivity contribution in [2.75, 3.05) is 19.8 Å². The van der Waals surface area contributed by atoms with Gasteiger partial charge in [0.2, 0.25) is 17.7 Å². The maximum Gasteiger partial charge on any atom is 0.474 e. The Hall–Kier alpha value is -3.87. The second kappa shape index (κ2) is 35.8. The number of primary amides is 2. The van der Waals surface area contributed by atoms with Gasteiger partial charge >= 0.3 is 25.9 Å². The molecular formula is C58H103N4O28P. The van der Waals surface area contributed by atoms with E-state index in [1.807, 2.05) is 6.92 Å². The van der Waals surface area contributed by atoms with Gasteiger partial charge in [0, 0.05) is 20.5 Å². The molecule has 32 nitrogen and oxygen atoms in total. The Morgan fingerprint density at radius 1 is 0.659 bits per heavy atom. The molecule has 4 aliphatic rings. The van der Waals surface area contributed by atoms with Gasteiger partial charge in [0.15, 0.2) is 55.7 Å². The molecule has 0 aromatic carbocycles. The van der Waals surface area contributed by atoms with Gasteiger partial charge in [-0.2, -0.15) is 0 Å². The second-order valence-electron chi connectivity index (χ2n) is 26.3. The van der Waals surface area contributed by atoms with E-state index in [-0.39, 0.29) is 17.9 Å². The molecule has 4 unspecified atom stereocenters. The summed E-state index contributed by atoms with van der Waals surface area (Å²) in [6, 6.07) is -3.64. The Morgan fingerprint density at radius 3 is 1.76 bits per heavy atom. The zero-order chi connectivity index (χ0) is 68.6. The highest BCUT2D eigenvalue weighted by Gasteiger charge is 2.62. The summed E-state index contributed by atoms with van der Waals surface area (Å²) in [5.41, 5.74) is 7.91. The maximum atomic E-state index is 13.8. The quantitative estimate of drug-likeness (QED) is 0.0298. The number of aliphatic hydroxyl groups excluding tert-OH is 6. The lowest BCUT2D eigenvalue weighted by atomic mass is 9.79. The van der Waals surface area contributed by atoms with Crippen molar-refractivity contribution >= 4 is 43.6 Å². The molecular weight excluding hydrogens is 1230 g/mol. The number of aliphatic hydroxyl groups is 7. The minimum atomic E-state index is -5.72. The van der Waals surface area contributed by atoms with Gasteiger partial charge < -0.3 is 116 Å². The highest BCUT2D eigenvalue weighted by Crippen LogP contribution is 2.49. The molecule has 0 aromatic heterocycles. The average molecular weight is 1340 g/mol. The monoisotopic (exact) mass is 1330 g/mol. The topological polar surface area (TPSA) is 499 Å². The molecule has 4 heterocycles. The van der Waals surface area contributed by atoms with Crippen LogP contribution in [0.1, 0.15) is 153 Å². The molecule has 4 saturated heterocycles. The minimum Gasteiger partial charge on any atom is -0.479 e. The number of nitrogens with one attached hydrogen (secondary N) is 2. The number of rotatable bonds is 37. The van der Waals surface area contributed by atoms with Gasteiger partial charge in [0.1, 0.15) is 66.5 Å². The summed E-state index contributed by atoms with van der Waals surface area (Å²) in [5.74, 6) is -4.35. The lowest BCUT2D eigenvalue weighted by molar-refractivity contribution is -0.371. The fourth-order valence-corrected chi connectivity index (χ4v) is 12.4. The molecule has 0 aliphatic carbocycles. The highest BCUT2D eigenvalue weighted by atomic mass is 31.2. The first kappa shape index (κ1) is 79.6. The number of carbonyl (C=O) groups is 6. The van der Waals surface area contributed by atoms with Crippen LogP contribution in [0.2, 0.25) is 0 Å². The van der Waals surface area contributed by atoms with Crippen LogP contribution in [0.25, 0.3) is 0 Å². The number of unbranched alkanes of at least 4 members (excludes halogenated alkanes) is 1. The summed E-state index contributed by atoms with van der Waals surface area (Å²) in [4.78, 5) is 86.0. The Labute approximate surface area is 530 Å². The van der Waals surface area contributed by atoms with Crippen LogP contribution < -0.4 is 22.1 Å². The van der Waals surface area contributed by atoms with Gasteiger partial charge in [0.05, 0.1) is 19.3 Å². The summed E-state index contributed by atoms with van der Waals surface area (Å²) in [5, 5.41) is 103. The van der Waals surface area contributed by atoms with E-state index >= 15 is 0 Å². The Bertz CT molecular complexity index is 2380. The fourth-order valence-electron chi connectivity index (χ4n) is 11.6. The Balaban J connectivity index is 1.47. The van der Waals surface area contributed by atoms with E-state index in [2.05, 4.69) is 52.2 Å². The van der Waals surface area contributed by atoms with Gasteiger partial charge in [0.25, 0.3) is 0 Å². The summed E-state index contributed by atoms with van der Waals surface area (Å²) < 4.78 is 75.5. The van der Waals surface area contributed by atoms with Crippen molar-refractivity contribution < 1.29 is 136 Å². The molecule has 16 N–H and O–H groups in total. The van der Waals surface area contributed by atoms with Crippen molar-refractivity contribution in [3.63, 3.8) is 0 Å². The van der Waals surface area contributed by atoms with Crippen molar-refractivity contribution in [2.24, 2.45) is 40.6 Å². The third-order valence-corrected chi connectivity index (χ3v) is 18.1. The summed E-state index contributed by atoms with van der Waals surface area (Å²) in [6.45, 7) is 17.5. The van der Waals surface area contributed by atoms with Gasteiger partial charge in [-0.05, 0) is 62.2 Å². The van der Waals surface area contributed by atoms with E-state index in [9.17, 15) is 84.2 Å². The normalized spacial score (nSPS) is 35.1. The van der Waals surface area contributed by atoms with Gasteiger partial charge in [-0.15, -0.1) is 0 Å². The lowest BCUT2D eigenvalue weighted by Gasteiger charge is -2.51. The molecule has 0 radical (unpaired) electrons. The first-order chi connectivity index (χ1) is 42.3. The second-order valence-corrected chi connectivity index (χ2v) is 27.7. The number of carboxylic acid groups (broad SMARTS) is 2. The third kappa shape index (κ3) is 23.8. The van der Waals surface area contributed by atoms with Gasteiger partial charge in [-0.1, -0.05) is 106 Å². The summed E-state index contributed by atoms with van der Waals surface area (Å²) in [7, 11) is -5.72. The zero-order valence-corrected chi connectivity index (χ0v) is 54.8. The minimum absolute atomic E-state index is 0.103. The molecule has 4 rings (SSSR count). The van der Waals surface area contributed by atoms with Crippen LogP contribution in [0.3, 0.4) is 0 Å². The van der Waals surface area contributed by atoms with Gasteiger partial charge in [-0.25, -0.2) is 18.9 Å². The Kier molecular flexibility index (Phi) is 31.3. The van der Waals surface area contributed by atoms with Crippen molar-refractivity contribution in [1.29, 1.82) is 0 Å². The van der Waals surface area contributed by atoms with Gasteiger partial charge in [-0.3, -0.25) is 23.4 Å². The molecule has 0 aromatic rings. The smallest absolute Gasteiger partial charge is 0.474 e. The molecule has 33 heteroatoms. The number of phosphoric acid groups is 1. The van der Waals surface area contributed by atoms with Crippen molar-refractivity contribution in [3.05, 3.63) is 0 Å². The van der Waals surface area contributed by atoms with Crippen LogP contribution in [0.5, 0.6) is 0 Å². The first-order valence-corrected chi connectivity index (χ1v) is 32.6. The van der Waals surface area contributed by atoms with Crippen LogP contribution in [0, 0.1) is 29.1 Å².